The molecule has 0 rings (SSSR count). The van der Waals surface area contributed by atoms with Gasteiger partial charge in [0.2, 0.25) is 25.0 Å². The minimum Gasteiger partial charge on any atom is -0.463 e. The molecule has 0 heterocycles. The normalized spacial score (nSPS) is 12.9. The summed E-state index contributed by atoms with van der Waals surface area (Å²) >= 11 is 0. The molecule has 0 atom stereocenters. The van der Waals surface area contributed by atoms with E-state index >= 15 is 0 Å². The first-order chi connectivity index (χ1) is 12.8. The van der Waals surface area contributed by atoms with E-state index in [1.165, 1.54) is 6.08 Å². The first-order valence-electron chi connectivity index (χ1n) is 9.56. The molecule has 0 aliphatic heterocycles. The van der Waals surface area contributed by atoms with Gasteiger partial charge in [-0.05, 0) is 52.1 Å². The van der Waals surface area contributed by atoms with E-state index in [2.05, 4.69) is 65.6 Å². The summed E-state index contributed by atoms with van der Waals surface area (Å²) in [5, 5.41) is 0. The minimum atomic E-state index is -3.04. The van der Waals surface area contributed by atoms with Crippen LogP contribution in [-0.4, -0.2) is 46.3 Å². The molecule has 160 valence electrons. The molecule has 0 fully saturated rings. The molecule has 0 spiro atoms. The van der Waals surface area contributed by atoms with Crippen LogP contribution in [0.15, 0.2) is 49.5 Å². The average molecular weight is 459 g/mol. The number of unbranched alkanes of at least 4 members (excludes halogenated alkanes) is 1. The molecule has 0 aliphatic rings. The Bertz CT molecular complexity index is 518. The van der Waals surface area contributed by atoms with Crippen LogP contribution in [0, 0.1) is 0 Å². The molecule has 0 aromatic heterocycles. The zero-order chi connectivity index (χ0) is 22.1. The van der Waals surface area contributed by atoms with Gasteiger partial charge in [0, 0.05) is 12.1 Å². The maximum atomic E-state index is 11.2. The number of ether oxygens (including phenoxy) is 1. The Kier molecular flexibility index (Phi) is 11.1. The molecule has 0 saturated carbocycles. The van der Waals surface area contributed by atoms with Crippen LogP contribution in [0.3, 0.4) is 0 Å². The van der Waals surface area contributed by atoms with Crippen LogP contribution in [0.1, 0.15) is 12.8 Å². The fraction of sp³-hybridized carbons (Fsp3) is 0.526. The van der Waals surface area contributed by atoms with Gasteiger partial charge in [0.15, 0.2) is 0 Å². The van der Waals surface area contributed by atoms with Gasteiger partial charge in [-0.25, -0.2) is 4.79 Å². The standard InChI is InChI=1S/C19H38O5Si4/c1-11-19(20)21-17-15-16-18-28(22-25(5,6)12-2,23-26(7,8)13-3)24-27(9,10)14-4/h11-14H,1-4,15-18H2,5-10H3. The Balaban J connectivity index is 5.63. The molecule has 0 aliphatic carbocycles. The lowest BCUT2D eigenvalue weighted by Gasteiger charge is -2.43. The van der Waals surface area contributed by atoms with Crippen molar-refractivity contribution in [1.29, 1.82) is 0 Å². The Morgan fingerprint density at radius 3 is 1.46 bits per heavy atom. The van der Waals surface area contributed by atoms with E-state index < -0.39 is 39.7 Å². The number of carbonyl (C=O) groups is 1. The minimum absolute atomic E-state index is 0.335. The highest BCUT2D eigenvalue weighted by molar-refractivity contribution is 6.93. The zero-order valence-electron chi connectivity index (χ0n) is 18.5. The lowest BCUT2D eigenvalue weighted by Crippen LogP contribution is -2.61. The van der Waals surface area contributed by atoms with E-state index in [-0.39, 0.29) is 0 Å². The summed E-state index contributed by atoms with van der Waals surface area (Å²) in [7, 11) is -9.57. The van der Waals surface area contributed by atoms with E-state index in [4.69, 9.17) is 17.1 Å². The topological polar surface area (TPSA) is 54.0 Å². The zero-order valence-corrected chi connectivity index (χ0v) is 22.5. The Hall–Kier alpha value is -0.822. The molecule has 0 bridgehead atoms. The maximum Gasteiger partial charge on any atom is 0.470 e. The van der Waals surface area contributed by atoms with Crippen molar-refractivity contribution in [2.24, 2.45) is 0 Å². The summed E-state index contributed by atoms with van der Waals surface area (Å²) in [4.78, 5) is 11.2. The molecule has 9 heteroatoms. The van der Waals surface area contributed by atoms with Crippen molar-refractivity contribution in [2.75, 3.05) is 6.61 Å². The van der Waals surface area contributed by atoms with Crippen LogP contribution in [0.4, 0.5) is 0 Å². The Labute approximate surface area is 175 Å². The predicted octanol–water partition coefficient (Wildman–Crippen LogP) is 5.28. The monoisotopic (exact) mass is 458 g/mol. The fourth-order valence-corrected chi connectivity index (χ4v) is 16.4. The number of carbonyl (C=O) groups excluding carboxylic acids is 1. The van der Waals surface area contributed by atoms with E-state index in [1.54, 1.807) is 0 Å². The van der Waals surface area contributed by atoms with Crippen molar-refractivity contribution >= 4 is 39.7 Å². The van der Waals surface area contributed by atoms with E-state index in [0.717, 1.165) is 6.42 Å². The second kappa shape index (κ2) is 11.4. The molecular formula is C19H38O5Si4. The second-order valence-electron chi connectivity index (χ2n) is 8.24. The van der Waals surface area contributed by atoms with Crippen molar-refractivity contribution in [2.45, 2.75) is 58.2 Å². The van der Waals surface area contributed by atoms with E-state index in [1.807, 2.05) is 17.1 Å². The first kappa shape index (κ1) is 27.2. The van der Waals surface area contributed by atoms with Gasteiger partial charge in [0.25, 0.3) is 0 Å². The predicted molar refractivity (Wildman–Crippen MR) is 127 cm³/mol. The molecule has 28 heavy (non-hydrogen) atoms. The second-order valence-corrected chi connectivity index (χ2v) is 23.4. The van der Waals surface area contributed by atoms with Crippen molar-refractivity contribution in [3.8, 4) is 0 Å². The molecule has 0 radical (unpaired) electrons. The van der Waals surface area contributed by atoms with Gasteiger partial charge in [-0.1, -0.05) is 23.7 Å². The van der Waals surface area contributed by atoms with Gasteiger partial charge in [-0.2, -0.15) is 0 Å². The third-order valence-corrected chi connectivity index (χ3v) is 18.0. The highest BCUT2D eigenvalue weighted by atomic mass is 28.5. The molecule has 0 N–H and O–H groups in total. The van der Waals surface area contributed by atoms with Crippen molar-refractivity contribution in [3.05, 3.63) is 49.5 Å². The SMILES string of the molecule is C=CC(=O)OCCCC[Si](O[Si](C)(C)C=C)(O[Si](C)(C)C=C)O[Si](C)(C)C=C. The van der Waals surface area contributed by atoms with Crippen LogP contribution < -0.4 is 0 Å². The van der Waals surface area contributed by atoms with Gasteiger partial charge in [0.1, 0.15) is 0 Å². The van der Waals surface area contributed by atoms with Crippen LogP contribution in [-0.2, 0) is 21.9 Å². The van der Waals surface area contributed by atoms with Crippen LogP contribution in [0.5, 0.6) is 0 Å². The number of esters is 1. The molecule has 0 aromatic carbocycles. The largest absolute Gasteiger partial charge is 0.470 e. The lowest BCUT2D eigenvalue weighted by atomic mass is 10.4. The van der Waals surface area contributed by atoms with Crippen molar-refractivity contribution in [1.82, 2.24) is 0 Å². The number of rotatable bonds is 15. The molecule has 0 unspecified atom stereocenters. The van der Waals surface area contributed by atoms with Crippen LogP contribution in [0.2, 0.25) is 45.3 Å². The highest BCUT2D eigenvalue weighted by Crippen LogP contribution is 2.31. The number of hydrogen-bond donors (Lipinski definition) is 0. The van der Waals surface area contributed by atoms with E-state index in [0.29, 0.717) is 19.1 Å². The molecule has 0 saturated heterocycles. The van der Waals surface area contributed by atoms with Gasteiger partial charge in [-0.15, -0.1) is 19.7 Å². The smallest absolute Gasteiger partial charge is 0.463 e. The van der Waals surface area contributed by atoms with Crippen molar-refractivity contribution in [3.63, 3.8) is 0 Å². The molecular weight excluding hydrogens is 421 g/mol. The summed E-state index contributed by atoms with van der Waals surface area (Å²) < 4.78 is 25.1. The summed E-state index contributed by atoms with van der Waals surface area (Å²) in [5.74, 6) is -0.409. The summed E-state index contributed by atoms with van der Waals surface area (Å²) in [6.07, 6.45) is 2.64. The third kappa shape index (κ3) is 10.6. The first-order valence-corrected chi connectivity index (χ1v) is 20.5. The summed E-state index contributed by atoms with van der Waals surface area (Å²) in [5.41, 5.74) is 5.70. The number of hydrogen-bond acceptors (Lipinski definition) is 5. The van der Waals surface area contributed by atoms with Gasteiger partial charge >= 0.3 is 14.8 Å². The third-order valence-electron chi connectivity index (χ3n) is 4.02. The van der Waals surface area contributed by atoms with Crippen LogP contribution >= 0.6 is 0 Å². The molecule has 0 aromatic rings. The van der Waals surface area contributed by atoms with Gasteiger partial charge < -0.3 is 17.1 Å². The highest BCUT2D eigenvalue weighted by Gasteiger charge is 2.50. The molecule has 0 amide bonds. The van der Waals surface area contributed by atoms with E-state index in [9.17, 15) is 4.79 Å². The average Bonchev–Trinajstić information content (AvgIpc) is 2.60. The fourth-order valence-electron chi connectivity index (χ4n) is 2.22. The maximum absolute atomic E-state index is 11.2. The van der Waals surface area contributed by atoms with Crippen LogP contribution in [0.25, 0.3) is 0 Å². The summed E-state index contributed by atoms with van der Waals surface area (Å²) in [6, 6.07) is 0.650. The Morgan fingerprint density at radius 1 is 0.750 bits per heavy atom. The summed E-state index contributed by atoms with van der Waals surface area (Å²) in [6.45, 7) is 28.1. The van der Waals surface area contributed by atoms with Crippen molar-refractivity contribution < 1.29 is 21.9 Å². The quantitative estimate of drug-likeness (QED) is 0.145. The van der Waals surface area contributed by atoms with Gasteiger partial charge in [0.05, 0.1) is 6.61 Å². The van der Waals surface area contributed by atoms with Gasteiger partial charge in [-0.3, -0.25) is 0 Å². The molecule has 5 nitrogen and oxygen atoms in total. The Morgan fingerprint density at radius 2 is 1.14 bits per heavy atom. The lowest BCUT2D eigenvalue weighted by molar-refractivity contribution is -0.137.